The molecule has 4 rings (SSSR count). The van der Waals surface area contributed by atoms with Crippen LogP contribution in [0.1, 0.15) is 23.6 Å². The van der Waals surface area contributed by atoms with Crippen LogP contribution in [0, 0.1) is 0 Å². The number of carbonyl (C=O) groups is 2. The van der Waals surface area contributed by atoms with Crippen LogP contribution in [0.15, 0.2) is 96.6 Å². The van der Waals surface area contributed by atoms with Crippen molar-refractivity contribution in [2.75, 3.05) is 6.61 Å². The highest BCUT2D eigenvalue weighted by molar-refractivity contribution is 6.55. The molecule has 3 aromatic carbocycles. The molecule has 0 aromatic heterocycles. The van der Waals surface area contributed by atoms with Crippen molar-refractivity contribution in [3.05, 3.63) is 113 Å². The molecule has 142 valence electrons. The molecule has 29 heavy (non-hydrogen) atoms. The predicted molar refractivity (Wildman–Crippen MR) is 115 cm³/mol. The zero-order chi connectivity index (χ0) is 20.2. The molecule has 0 bridgehead atoms. The number of ether oxygens (including phenoxy) is 1. The lowest BCUT2D eigenvalue weighted by Gasteiger charge is -2.12. The summed E-state index contributed by atoms with van der Waals surface area (Å²) in [5, 5.41) is 0. The molecular weight excluding hydrogens is 360 g/mol. The zero-order valence-electron chi connectivity index (χ0n) is 16.1. The average molecular weight is 380 g/mol. The Hall–Kier alpha value is -3.72. The molecule has 0 saturated heterocycles. The van der Waals surface area contributed by atoms with Gasteiger partial charge in [0.2, 0.25) is 0 Å². The summed E-state index contributed by atoms with van der Waals surface area (Å²) < 4.78 is 5.38. The molecule has 3 heteroatoms. The minimum atomic E-state index is -0.482. The lowest BCUT2D eigenvalue weighted by Crippen LogP contribution is -2.10. The second kappa shape index (κ2) is 8.11. The molecule has 1 aliphatic rings. The van der Waals surface area contributed by atoms with Crippen molar-refractivity contribution in [3.63, 3.8) is 0 Å². The van der Waals surface area contributed by atoms with Gasteiger partial charge in [0.25, 0.3) is 0 Å². The topological polar surface area (TPSA) is 43.4 Å². The monoisotopic (exact) mass is 380 g/mol. The predicted octanol–water partition coefficient (Wildman–Crippen LogP) is 5.20. The van der Waals surface area contributed by atoms with E-state index < -0.39 is 5.97 Å². The second-order valence-corrected chi connectivity index (χ2v) is 6.65. The maximum Gasteiger partial charge on any atom is 0.339 e. The van der Waals surface area contributed by atoms with E-state index in [9.17, 15) is 9.59 Å². The van der Waals surface area contributed by atoms with Crippen molar-refractivity contribution in [2.45, 2.75) is 6.92 Å². The van der Waals surface area contributed by atoms with Gasteiger partial charge in [0.05, 0.1) is 12.2 Å². The molecule has 1 aliphatic carbocycles. The minimum absolute atomic E-state index is 0.163. The van der Waals surface area contributed by atoms with E-state index in [1.165, 1.54) is 0 Å². The first kappa shape index (κ1) is 18.6. The summed E-state index contributed by atoms with van der Waals surface area (Å²) in [5.41, 5.74) is 4.17. The Bertz CT molecular complexity index is 1110. The third kappa shape index (κ3) is 3.43. The molecule has 0 atom stereocenters. The van der Waals surface area contributed by atoms with Crippen molar-refractivity contribution in [2.24, 2.45) is 0 Å². The molecule has 0 spiro atoms. The molecule has 0 radical (unpaired) electrons. The minimum Gasteiger partial charge on any atom is -0.462 e. The van der Waals surface area contributed by atoms with Gasteiger partial charge in [0, 0.05) is 16.7 Å². The van der Waals surface area contributed by atoms with E-state index in [0.29, 0.717) is 27.9 Å². The second-order valence-electron chi connectivity index (χ2n) is 6.65. The highest BCUT2D eigenvalue weighted by Gasteiger charge is 2.38. The van der Waals surface area contributed by atoms with Crippen molar-refractivity contribution in [3.8, 4) is 0 Å². The Morgan fingerprint density at radius 3 is 1.52 bits per heavy atom. The van der Waals surface area contributed by atoms with Crippen LogP contribution in [0.4, 0.5) is 0 Å². The van der Waals surface area contributed by atoms with Gasteiger partial charge in [0.15, 0.2) is 5.78 Å². The summed E-state index contributed by atoms with van der Waals surface area (Å²) in [5.74, 6) is -0.645. The van der Waals surface area contributed by atoms with Crippen molar-refractivity contribution < 1.29 is 14.3 Å². The smallest absolute Gasteiger partial charge is 0.339 e. The fraction of sp³-hybridized carbons (Fsp3) is 0.0769. The van der Waals surface area contributed by atoms with Crippen LogP contribution in [0.2, 0.25) is 0 Å². The van der Waals surface area contributed by atoms with E-state index in [4.69, 9.17) is 4.74 Å². The van der Waals surface area contributed by atoms with Crippen LogP contribution in [-0.2, 0) is 14.3 Å². The summed E-state index contributed by atoms with van der Waals surface area (Å²) in [6.07, 6.45) is 0. The number of Topliss-reactive ketones (excluding diaryl/α,β-unsaturated/α-hetero) is 1. The molecule has 0 aliphatic heterocycles. The number of rotatable bonds is 5. The van der Waals surface area contributed by atoms with Crippen molar-refractivity contribution in [1.29, 1.82) is 0 Å². The summed E-state index contributed by atoms with van der Waals surface area (Å²) in [6, 6.07) is 28.3. The molecule has 0 unspecified atom stereocenters. The van der Waals surface area contributed by atoms with E-state index in [-0.39, 0.29) is 12.4 Å². The van der Waals surface area contributed by atoms with Crippen molar-refractivity contribution in [1.82, 2.24) is 0 Å². The van der Waals surface area contributed by atoms with Gasteiger partial charge in [-0.15, -0.1) is 0 Å². The van der Waals surface area contributed by atoms with Crippen LogP contribution in [0.5, 0.6) is 0 Å². The van der Waals surface area contributed by atoms with Gasteiger partial charge in [-0.05, 0) is 23.6 Å². The van der Waals surface area contributed by atoms with E-state index in [2.05, 4.69) is 0 Å². The molecule has 0 heterocycles. The normalized spacial score (nSPS) is 13.8. The number of hydrogen-bond acceptors (Lipinski definition) is 3. The Morgan fingerprint density at radius 2 is 1.07 bits per heavy atom. The van der Waals surface area contributed by atoms with E-state index >= 15 is 0 Å². The first-order chi connectivity index (χ1) is 14.2. The Labute approximate surface area is 170 Å². The fourth-order valence-corrected chi connectivity index (χ4v) is 3.66. The number of ketones is 1. The van der Waals surface area contributed by atoms with Gasteiger partial charge in [-0.3, -0.25) is 4.79 Å². The highest BCUT2D eigenvalue weighted by Crippen LogP contribution is 2.45. The number of carbonyl (C=O) groups excluding carboxylic acids is 2. The van der Waals surface area contributed by atoms with Crippen LogP contribution >= 0.6 is 0 Å². The molecule has 0 saturated carbocycles. The fourth-order valence-electron chi connectivity index (χ4n) is 3.66. The van der Waals surface area contributed by atoms with E-state index in [1.807, 2.05) is 91.0 Å². The number of esters is 1. The zero-order valence-corrected chi connectivity index (χ0v) is 16.1. The van der Waals surface area contributed by atoms with Gasteiger partial charge in [0.1, 0.15) is 0 Å². The Balaban J connectivity index is 2.05. The number of hydrogen-bond donors (Lipinski definition) is 0. The molecule has 3 nitrogen and oxygen atoms in total. The summed E-state index contributed by atoms with van der Waals surface area (Å²) in [7, 11) is 0. The van der Waals surface area contributed by atoms with Gasteiger partial charge < -0.3 is 4.74 Å². The summed E-state index contributed by atoms with van der Waals surface area (Å²) in [6.45, 7) is 2.00. The van der Waals surface area contributed by atoms with E-state index in [1.54, 1.807) is 6.92 Å². The first-order valence-electron chi connectivity index (χ1n) is 9.59. The average Bonchev–Trinajstić information content (AvgIpc) is 3.09. The highest BCUT2D eigenvalue weighted by atomic mass is 16.5. The molecular formula is C26H20O3. The molecule has 0 amide bonds. The van der Waals surface area contributed by atoms with Gasteiger partial charge >= 0.3 is 5.97 Å². The van der Waals surface area contributed by atoms with Crippen molar-refractivity contribution >= 4 is 28.5 Å². The number of allylic oxidation sites excluding steroid dienone is 2. The first-order valence-corrected chi connectivity index (χ1v) is 9.59. The molecule has 0 N–H and O–H groups in total. The summed E-state index contributed by atoms with van der Waals surface area (Å²) in [4.78, 5) is 26.8. The van der Waals surface area contributed by atoms with E-state index in [0.717, 1.165) is 11.1 Å². The standard InChI is InChI=1S/C26H20O3/c1-2-29-26(28)24-21(18-12-6-3-7-13-18)22(19-14-8-4-9-15-19)25(27)23(24)20-16-10-5-11-17-20/h3-17H,2H2,1H3. The lowest BCUT2D eigenvalue weighted by atomic mass is 9.93. The lowest BCUT2D eigenvalue weighted by molar-refractivity contribution is -0.138. The van der Waals surface area contributed by atoms with Crippen LogP contribution in [-0.4, -0.2) is 18.4 Å². The van der Waals surface area contributed by atoms with Gasteiger partial charge in [-0.1, -0.05) is 91.0 Å². The SMILES string of the molecule is CCOC(=O)C1=C(c2ccccc2)C(=O)C(c2ccccc2)=C1c1ccccc1. The molecule has 0 fully saturated rings. The Morgan fingerprint density at radius 1 is 0.655 bits per heavy atom. The molecule has 3 aromatic rings. The largest absolute Gasteiger partial charge is 0.462 e. The maximum absolute atomic E-state index is 13.7. The third-order valence-corrected chi connectivity index (χ3v) is 4.87. The van der Waals surface area contributed by atoms with Crippen LogP contribution in [0.3, 0.4) is 0 Å². The maximum atomic E-state index is 13.7. The summed E-state index contributed by atoms with van der Waals surface area (Å²) >= 11 is 0. The third-order valence-electron chi connectivity index (χ3n) is 4.87. The van der Waals surface area contributed by atoms with Crippen LogP contribution in [0.25, 0.3) is 16.7 Å². The number of benzene rings is 3. The van der Waals surface area contributed by atoms with Crippen LogP contribution < -0.4 is 0 Å². The Kier molecular flexibility index (Phi) is 5.21. The quantitative estimate of drug-likeness (QED) is 0.572. The van der Waals surface area contributed by atoms with Gasteiger partial charge in [-0.2, -0.15) is 0 Å². The van der Waals surface area contributed by atoms with Gasteiger partial charge in [-0.25, -0.2) is 4.79 Å².